The number of nitrogens with zero attached hydrogens (tertiary/aromatic N) is 1. The molecule has 0 aromatic carbocycles. The largest absolute Gasteiger partial charge is 0.377 e. The number of rotatable bonds is 1. The van der Waals surface area contributed by atoms with Gasteiger partial charge in [0.05, 0.1) is 13.2 Å². The van der Waals surface area contributed by atoms with Crippen LogP contribution in [0, 0.1) is 0 Å². The molecule has 1 rings (SSSR count). The molecule has 1 heterocycles. The van der Waals surface area contributed by atoms with Gasteiger partial charge in [0, 0.05) is 0 Å². The number of ether oxygens (including phenoxy) is 1. The van der Waals surface area contributed by atoms with Crippen LogP contribution in [0.3, 0.4) is 0 Å². The summed E-state index contributed by atoms with van der Waals surface area (Å²) in [5.41, 5.74) is 0. The van der Waals surface area contributed by atoms with E-state index in [2.05, 4.69) is 4.99 Å². The molecule has 3 nitrogen and oxygen atoms in total. The number of isocyanates is 1. The van der Waals surface area contributed by atoms with Crippen LogP contribution in [0.4, 0.5) is 0 Å². The van der Waals surface area contributed by atoms with E-state index in [0.29, 0.717) is 13.2 Å². The summed E-state index contributed by atoms with van der Waals surface area (Å²) in [5.74, 6) is 0. The Hall–Kier alpha value is -0.660. The van der Waals surface area contributed by atoms with Gasteiger partial charge in [0.1, 0.15) is 6.04 Å². The Bertz CT molecular complexity index is 102. The lowest BCUT2D eigenvalue weighted by atomic mass is 10.3. The summed E-state index contributed by atoms with van der Waals surface area (Å²) in [4.78, 5) is 12.9. The minimum atomic E-state index is 0.109. The first-order chi connectivity index (χ1) is 3.43. The zero-order valence-electron chi connectivity index (χ0n) is 3.76. The Morgan fingerprint density at radius 2 is 2.43 bits per heavy atom. The van der Waals surface area contributed by atoms with Gasteiger partial charge in [-0.25, -0.2) is 4.79 Å². The van der Waals surface area contributed by atoms with Crippen molar-refractivity contribution in [3.8, 4) is 0 Å². The fourth-order valence-corrected chi connectivity index (χ4v) is 0.372. The second kappa shape index (κ2) is 1.87. The maximum absolute atomic E-state index is 9.46. The summed E-state index contributed by atoms with van der Waals surface area (Å²) in [6.45, 7) is 1.18. The quantitative estimate of drug-likeness (QED) is 0.335. The predicted molar refractivity (Wildman–Crippen MR) is 22.7 cm³/mol. The van der Waals surface area contributed by atoms with Gasteiger partial charge in [0.25, 0.3) is 0 Å². The summed E-state index contributed by atoms with van der Waals surface area (Å²) in [6, 6.07) is 0.109. The Morgan fingerprint density at radius 1 is 1.71 bits per heavy atom. The Labute approximate surface area is 41.0 Å². The third-order valence-electron chi connectivity index (χ3n) is 0.856. The molecule has 0 spiro atoms. The molecule has 1 aliphatic heterocycles. The highest BCUT2D eigenvalue weighted by Gasteiger charge is 2.15. The fraction of sp³-hybridized carbons (Fsp3) is 0.750. The van der Waals surface area contributed by atoms with Gasteiger partial charge in [0.15, 0.2) is 0 Å². The van der Waals surface area contributed by atoms with Gasteiger partial charge in [-0.2, -0.15) is 4.99 Å². The van der Waals surface area contributed by atoms with E-state index in [-0.39, 0.29) is 6.04 Å². The highest BCUT2D eigenvalue weighted by Crippen LogP contribution is 2.02. The molecular weight excluding hydrogens is 94.0 g/mol. The molecule has 0 radical (unpaired) electrons. The van der Waals surface area contributed by atoms with Gasteiger partial charge in [-0.15, -0.1) is 0 Å². The number of carbonyl (C=O) groups excluding carboxylic acids is 1. The van der Waals surface area contributed by atoms with Gasteiger partial charge in [0.2, 0.25) is 6.08 Å². The first-order valence-corrected chi connectivity index (χ1v) is 2.08. The Balaban J connectivity index is 2.27. The molecule has 0 aromatic rings. The van der Waals surface area contributed by atoms with Crippen LogP contribution < -0.4 is 0 Å². The zero-order chi connectivity index (χ0) is 5.11. The Kier molecular flexibility index (Phi) is 1.20. The van der Waals surface area contributed by atoms with E-state index in [0.717, 1.165) is 0 Å². The first kappa shape index (κ1) is 4.50. The number of hydrogen-bond donors (Lipinski definition) is 0. The van der Waals surface area contributed by atoms with Crippen LogP contribution in [0.1, 0.15) is 0 Å². The van der Waals surface area contributed by atoms with Crippen molar-refractivity contribution in [1.82, 2.24) is 0 Å². The first-order valence-electron chi connectivity index (χ1n) is 2.08. The van der Waals surface area contributed by atoms with Crippen LogP contribution in [0.2, 0.25) is 0 Å². The molecule has 0 amide bonds. The summed E-state index contributed by atoms with van der Waals surface area (Å²) >= 11 is 0. The lowest BCUT2D eigenvalue weighted by molar-refractivity contribution is 0.0133. The second-order valence-electron chi connectivity index (χ2n) is 1.41. The van der Waals surface area contributed by atoms with E-state index in [1.54, 1.807) is 0 Å². The highest BCUT2D eigenvalue weighted by molar-refractivity contribution is 5.33. The molecule has 38 valence electrons. The topological polar surface area (TPSA) is 38.7 Å². The van der Waals surface area contributed by atoms with Crippen LogP contribution in [0.15, 0.2) is 4.99 Å². The van der Waals surface area contributed by atoms with Crippen LogP contribution in [-0.4, -0.2) is 25.3 Å². The fourth-order valence-electron chi connectivity index (χ4n) is 0.372. The van der Waals surface area contributed by atoms with Gasteiger partial charge in [-0.05, 0) is 0 Å². The van der Waals surface area contributed by atoms with Gasteiger partial charge >= 0.3 is 0 Å². The molecular formula is C4H5NO2. The van der Waals surface area contributed by atoms with E-state index >= 15 is 0 Å². The van der Waals surface area contributed by atoms with Crippen molar-refractivity contribution in [1.29, 1.82) is 0 Å². The van der Waals surface area contributed by atoms with Crippen LogP contribution in [0.5, 0.6) is 0 Å². The summed E-state index contributed by atoms with van der Waals surface area (Å²) in [7, 11) is 0. The van der Waals surface area contributed by atoms with E-state index in [9.17, 15) is 4.79 Å². The second-order valence-corrected chi connectivity index (χ2v) is 1.41. The van der Waals surface area contributed by atoms with Crippen LogP contribution in [0.25, 0.3) is 0 Å². The van der Waals surface area contributed by atoms with Crippen molar-refractivity contribution < 1.29 is 9.53 Å². The average molecular weight is 99.1 g/mol. The zero-order valence-corrected chi connectivity index (χ0v) is 3.76. The van der Waals surface area contributed by atoms with Gasteiger partial charge in [-0.1, -0.05) is 0 Å². The van der Waals surface area contributed by atoms with Crippen molar-refractivity contribution in [2.24, 2.45) is 4.99 Å². The molecule has 0 aromatic heterocycles. The molecule has 1 aliphatic rings. The van der Waals surface area contributed by atoms with Gasteiger partial charge in [-0.3, -0.25) is 0 Å². The summed E-state index contributed by atoms with van der Waals surface area (Å²) in [6.07, 6.45) is 1.46. The summed E-state index contributed by atoms with van der Waals surface area (Å²) in [5, 5.41) is 0. The SMILES string of the molecule is O=C=NC1COC1. The minimum absolute atomic E-state index is 0.109. The molecule has 7 heavy (non-hydrogen) atoms. The smallest absolute Gasteiger partial charge is 0.235 e. The van der Waals surface area contributed by atoms with Crippen molar-refractivity contribution in [2.45, 2.75) is 6.04 Å². The predicted octanol–water partition coefficient (Wildman–Crippen LogP) is -0.279. The highest BCUT2D eigenvalue weighted by atomic mass is 16.5. The van der Waals surface area contributed by atoms with Crippen molar-refractivity contribution in [2.75, 3.05) is 13.2 Å². The van der Waals surface area contributed by atoms with Crippen LogP contribution >= 0.6 is 0 Å². The normalized spacial score (nSPS) is 20.0. The van der Waals surface area contributed by atoms with Crippen molar-refractivity contribution in [3.05, 3.63) is 0 Å². The lowest BCUT2D eigenvalue weighted by Crippen LogP contribution is -2.31. The van der Waals surface area contributed by atoms with Crippen LogP contribution in [-0.2, 0) is 9.53 Å². The van der Waals surface area contributed by atoms with E-state index in [4.69, 9.17) is 4.74 Å². The summed E-state index contributed by atoms with van der Waals surface area (Å²) < 4.78 is 4.71. The third-order valence-corrected chi connectivity index (χ3v) is 0.856. The number of aliphatic imine (C=N–C) groups is 1. The van der Waals surface area contributed by atoms with E-state index in [1.165, 1.54) is 6.08 Å². The number of hydrogen-bond acceptors (Lipinski definition) is 3. The van der Waals surface area contributed by atoms with Gasteiger partial charge < -0.3 is 4.74 Å². The van der Waals surface area contributed by atoms with E-state index < -0.39 is 0 Å². The molecule has 0 unspecified atom stereocenters. The van der Waals surface area contributed by atoms with E-state index in [1.807, 2.05) is 0 Å². The maximum Gasteiger partial charge on any atom is 0.235 e. The van der Waals surface area contributed by atoms with Crippen molar-refractivity contribution >= 4 is 6.08 Å². The maximum atomic E-state index is 9.46. The molecule has 1 saturated heterocycles. The molecule has 3 heteroatoms. The minimum Gasteiger partial charge on any atom is -0.377 e. The molecule has 0 atom stereocenters. The Morgan fingerprint density at radius 3 is 2.57 bits per heavy atom. The standard InChI is InChI=1S/C4H5NO2/c6-3-5-4-1-7-2-4/h4H,1-2H2. The average Bonchev–Trinajstić information content (AvgIpc) is 1.55. The lowest BCUT2D eigenvalue weighted by Gasteiger charge is -2.19. The third kappa shape index (κ3) is 0.856. The van der Waals surface area contributed by atoms with Crippen molar-refractivity contribution in [3.63, 3.8) is 0 Å². The molecule has 0 N–H and O–H groups in total. The molecule has 0 bridgehead atoms. The molecule has 0 saturated carbocycles. The molecule has 1 fully saturated rings. The molecule has 0 aliphatic carbocycles. The monoisotopic (exact) mass is 99.0 g/mol.